The zero-order valence-electron chi connectivity index (χ0n) is 13.7. The summed E-state index contributed by atoms with van der Waals surface area (Å²) in [7, 11) is 0. The van der Waals surface area contributed by atoms with E-state index in [0.717, 1.165) is 32.1 Å². The Morgan fingerprint density at radius 3 is 2.68 bits per heavy atom. The predicted molar refractivity (Wildman–Crippen MR) is 89.8 cm³/mol. The lowest BCUT2D eigenvalue weighted by molar-refractivity contribution is -0.139. The van der Waals surface area contributed by atoms with Crippen LogP contribution in [0.25, 0.3) is 6.08 Å². The summed E-state index contributed by atoms with van der Waals surface area (Å²) in [5.74, 6) is -1.09. The Bertz CT molecular complexity index is 722. The molecule has 3 amide bonds. The van der Waals surface area contributed by atoms with Gasteiger partial charge in [0.05, 0.1) is 0 Å². The third-order valence-electron chi connectivity index (χ3n) is 4.42. The number of urea groups is 1. The van der Waals surface area contributed by atoms with E-state index in [-0.39, 0.29) is 17.6 Å². The van der Waals surface area contributed by atoms with Crippen LogP contribution in [0.4, 0.5) is 4.79 Å². The third kappa shape index (κ3) is 3.81. The molecule has 1 aromatic rings. The van der Waals surface area contributed by atoms with Crippen LogP contribution in [0.1, 0.15) is 37.7 Å². The summed E-state index contributed by atoms with van der Waals surface area (Å²) in [5, 5.41) is 11.4. The van der Waals surface area contributed by atoms with Crippen LogP contribution in [-0.2, 0) is 9.59 Å². The first-order valence-corrected chi connectivity index (χ1v) is 8.36. The predicted octanol–water partition coefficient (Wildman–Crippen LogP) is 2.38. The second-order valence-corrected chi connectivity index (χ2v) is 6.18. The van der Waals surface area contributed by atoms with Gasteiger partial charge in [-0.1, -0.05) is 37.5 Å². The number of carboxylic acids is 1. The van der Waals surface area contributed by atoms with Crippen molar-refractivity contribution in [1.29, 1.82) is 0 Å². The molecule has 25 heavy (non-hydrogen) atoms. The van der Waals surface area contributed by atoms with Gasteiger partial charge in [0.2, 0.25) is 0 Å². The number of ether oxygens (including phenoxy) is 1. The maximum Gasteiger partial charge on any atom is 0.341 e. The minimum absolute atomic E-state index is 0.0503. The number of benzene rings is 1. The second kappa shape index (κ2) is 7.38. The van der Waals surface area contributed by atoms with E-state index in [1.165, 1.54) is 11.0 Å². The number of carbonyl (C=O) groups excluding carboxylic acids is 2. The SMILES string of the molecule is O=C(O)COc1ccccc1/C=C1\NC(=O)N(C2CCCCC2)C1=O. The molecule has 0 radical (unpaired) electrons. The molecule has 0 bridgehead atoms. The number of imide groups is 1. The molecule has 1 aromatic carbocycles. The molecular formula is C18H20N2O5. The Morgan fingerprint density at radius 2 is 1.96 bits per heavy atom. The Hall–Kier alpha value is -2.83. The number of nitrogens with zero attached hydrogens (tertiary/aromatic N) is 1. The first-order valence-electron chi connectivity index (χ1n) is 8.36. The quantitative estimate of drug-likeness (QED) is 0.631. The summed E-state index contributed by atoms with van der Waals surface area (Å²) in [6, 6.07) is 6.34. The first kappa shape index (κ1) is 17.0. The van der Waals surface area contributed by atoms with E-state index in [9.17, 15) is 14.4 Å². The molecule has 2 fully saturated rings. The summed E-state index contributed by atoms with van der Waals surface area (Å²) in [5.41, 5.74) is 0.722. The number of hydrogen-bond acceptors (Lipinski definition) is 4. The second-order valence-electron chi connectivity index (χ2n) is 6.18. The molecule has 0 atom stereocenters. The lowest BCUT2D eigenvalue weighted by atomic mass is 9.94. The van der Waals surface area contributed by atoms with Crippen LogP contribution < -0.4 is 10.1 Å². The van der Waals surface area contributed by atoms with Gasteiger partial charge in [0, 0.05) is 11.6 Å². The van der Waals surface area contributed by atoms with Crippen molar-refractivity contribution < 1.29 is 24.2 Å². The molecule has 1 aliphatic heterocycles. The molecular weight excluding hydrogens is 324 g/mol. The normalized spacial score (nSPS) is 20.0. The molecule has 2 aliphatic rings. The van der Waals surface area contributed by atoms with Crippen molar-refractivity contribution in [3.8, 4) is 5.75 Å². The number of rotatable bonds is 5. The highest BCUT2D eigenvalue weighted by Crippen LogP contribution is 2.28. The van der Waals surface area contributed by atoms with Crippen LogP contribution in [0.5, 0.6) is 5.75 Å². The van der Waals surface area contributed by atoms with E-state index in [0.29, 0.717) is 11.3 Å². The molecule has 1 saturated heterocycles. The van der Waals surface area contributed by atoms with Crippen molar-refractivity contribution in [3.05, 3.63) is 35.5 Å². The summed E-state index contributed by atoms with van der Waals surface area (Å²) in [4.78, 5) is 36.9. The number of carbonyl (C=O) groups is 3. The molecule has 132 valence electrons. The molecule has 7 nitrogen and oxygen atoms in total. The van der Waals surface area contributed by atoms with Crippen molar-refractivity contribution in [1.82, 2.24) is 10.2 Å². The first-order chi connectivity index (χ1) is 12.1. The summed E-state index contributed by atoms with van der Waals surface area (Å²) < 4.78 is 5.23. The average molecular weight is 344 g/mol. The van der Waals surface area contributed by atoms with Gasteiger partial charge in [0.15, 0.2) is 6.61 Å². The van der Waals surface area contributed by atoms with Crippen molar-refractivity contribution in [2.75, 3.05) is 6.61 Å². The third-order valence-corrected chi connectivity index (χ3v) is 4.42. The minimum Gasteiger partial charge on any atom is -0.481 e. The molecule has 0 aromatic heterocycles. The topological polar surface area (TPSA) is 95.9 Å². The molecule has 1 saturated carbocycles. The summed E-state index contributed by atoms with van der Waals surface area (Å²) in [6.45, 7) is -0.477. The Morgan fingerprint density at radius 1 is 1.24 bits per heavy atom. The highest BCUT2D eigenvalue weighted by Gasteiger charge is 2.39. The molecule has 2 N–H and O–H groups in total. The van der Waals surface area contributed by atoms with E-state index in [4.69, 9.17) is 9.84 Å². The fourth-order valence-electron chi connectivity index (χ4n) is 3.25. The lowest BCUT2D eigenvalue weighted by Gasteiger charge is -2.28. The molecule has 0 unspecified atom stereocenters. The number of para-hydroxylation sites is 1. The number of aliphatic carboxylic acids is 1. The minimum atomic E-state index is -1.09. The van der Waals surface area contributed by atoms with Crippen molar-refractivity contribution in [2.24, 2.45) is 0 Å². The van der Waals surface area contributed by atoms with Crippen LogP contribution in [-0.4, -0.2) is 40.6 Å². The van der Waals surface area contributed by atoms with Gasteiger partial charge >= 0.3 is 12.0 Å². The Balaban J connectivity index is 1.81. The van der Waals surface area contributed by atoms with Gasteiger partial charge in [-0.3, -0.25) is 9.69 Å². The standard InChI is InChI=1S/C18H20N2O5/c21-16(22)11-25-15-9-5-4-6-12(15)10-14-17(23)20(18(24)19-14)13-7-2-1-3-8-13/h4-6,9-10,13H,1-3,7-8,11H2,(H,19,24)(H,21,22)/b14-10-. The highest BCUT2D eigenvalue weighted by molar-refractivity contribution is 6.14. The summed E-state index contributed by atoms with van der Waals surface area (Å²) >= 11 is 0. The van der Waals surface area contributed by atoms with Crippen LogP contribution in [0.15, 0.2) is 30.0 Å². The maximum atomic E-state index is 12.6. The van der Waals surface area contributed by atoms with Crippen LogP contribution >= 0.6 is 0 Å². The van der Waals surface area contributed by atoms with Gasteiger partial charge in [-0.2, -0.15) is 0 Å². The summed E-state index contributed by atoms with van der Waals surface area (Å²) in [6.07, 6.45) is 6.38. The van der Waals surface area contributed by atoms with Gasteiger partial charge in [-0.25, -0.2) is 9.59 Å². The Labute approximate surface area is 145 Å². The van der Waals surface area contributed by atoms with Crippen molar-refractivity contribution >= 4 is 24.0 Å². The zero-order valence-corrected chi connectivity index (χ0v) is 13.7. The largest absolute Gasteiger partial charge is 0.481 e. The van der Waals surface area contributed by atoms with Crippen LogP contribution in [0.2, 0.25) is 0 Å². The molecule has 7 heteroatoms. The highest BCUT2D eigenvalue weighted by atomic mass is 16.5. The smallest absolute Gasteiger partial charge is 0.341 e. The number of amides is 3. The van der Waals surface area contributed by atoms with E-state index in [1.807, 2.05) is 0 Å². The van der Waals surface area contributed by atoms with Gasteiger partial charge in [0.25, 0.3) is 5.91 Å². The van der Waals surface area contributed by atoms with Gasteiger partial charge in [0.1, 0.15) is 11.4 Å². The van der Waals surface area contributed by atoms with E-state index in [1.54, 1.807) is 24.3 Å². The number of hydrogen-bond donors (Lipinski definition) is 2. The van der Waals surface area contributed by atoms with Gasteiger partial charge in [-0.15, -0.1) is 0 Å². The Kier molecular flexibility index (Phi) is 5.02. The van der Waals surface area contributed by atoms with Crippen LogP contribution in [0, 0.1) is 0 Å². The molecule has 1 aliphatic carbocycles. The van der Waals surface area contributed by atoms with Crippen molar-refractivity contribution in [3.63, 3.8) is 0 Å². The lowest BCUT2D eigenvalue weighted by Crippen LogP contribution is -2.41. The monoisotopic (exact) mass is 344 g/mol. The van der Waals surface area contributed by atoms with Crippen molar-refractivity contribution in [2.45, 2.75) is 38.1 Å². The number of carboxylic acid groups (broad SMARTS) is 1. The fraction of sp³-hybridized carbons (Fsp3) is 0.389. The van der Waals surface area contributed by atoms with E-state index >= 15 is 0 Å². The molecule has 3 rings (SSSR count). The van der Waals surface area contributed by atoms with Gasteiger partial charge in [-0.05, 0) is 25.0 Å². The average Bonchev–Trinajstić information content (AvgIpc) is 2.88. The fourth-order valence-corrected chi connectivity index (χ4v) is 3.25. The molecule has 1 heterocycles. The van der Waals surface area contributed by atoms with Gasteiger partial charge < -0.3 is 15.2 Å². The molecule has 0 spiro atoms. The van der Waals surface area contributed by atoms with Crippen LogP contribution in [0.3, 0.4) is 0 Å². The number of nitrogens with one attached hydrogen (secondary N) is 1. The van der Waals surface area contributed by atoms with E-state index in [2.05, 4.69) is 5.32 Å². The zero-order chi connectivity index (χ0) is 17.8. The maximum absolute atomic E-state index is 12.6. The van der Waals surface area contributed by atoms with E-state index < -0.39 is 18.6 Å².